The van der Waals surface area contributed by atoms with E-state index < -0.39 is 13.9 Å². The zero-order valence-electron chi connectivity index (χ0n) is 6.43. The zero-order valence-corrected chi connectivity index (χ0v) is 12.3. The molecular weight excluding hydrogens is 341 g/mol. The summed E-state index contributed by atoms with van der Waals surface area (Å²) in [6.45, 7) is 4.36. The molecule has 2 nitrogen and oxygen atoms in total. The van der Waals surface area contributed by atoms with Gasteiger partial charge in [-0.05, 0) is 0 Å². The van der Waals surface area contributed by atoms with E-state index in [0.29, 0.717) is 0 Å². The molecule has 0 unspecified atom stereocenters. The van der Waals surface area contributed by atoms with Crippen LogP contribution >= 0.6 is 35.7 Å². The molecule has 0 spiro atoms. The molecule has 0 saturated heterocycles. The Balaban J connectivity index is -0.0000000383. The summed E-state index contributed by atoms with van der Waals surface area (Å²) in [5.41, 5.74) is 0. The molecule has 0 aromatic rings. The summed E-state index contributed by atoms with van der Waals surface area (Å²) in [7, 11) is 20.1. The normalized spacial score (nSPS) is 8.18. The summed E-state index contributed by atoms with van der Waals surface area (Å²) in [5, 5.41) is 0. The maximum absolute atomic E-state index is 5.04. The van der Waals surface area contributed by atoms with E-state index >= 15 is 0 Å². The van der Waals surface area contributed by atoms with Crippen molar-refractivity contribution in [1.29, 1.82) is 0 Å². The van der Waals surface area contributed by atoms with Crippen molar-refractivity contribution in [2.75, 3.05) is 0 Å². The third-order valence-corrected chi connectivity index (χ3v) is 0.500. The van der Waals surface area contributed by atoms with Crippen LogP contribution in [0.15, 0.2) is 0 Å². The first-order valence-electron chi connectivity index (χ1n) is 2.67. The molecule has 0 amide bonds. The molecule has 0 rings (SSSR count). The van der Waals surface area contributed by atoms with Gasteiger partial charge in [-0.2, -0.15) is 0 Å². The van der Waals surface area contributed by atoms with Crippen LogP contribution in [0.2, 0.25) is 0 Å². The standard InChI is InChI=1S/C4H10.4ClH.2H2O.Sn/c1-3-4-2;;;;;;;/h3-4H2,1-2H3;4*1H;2*1H2;/q;;;;;;;+4/p-4. The molecule has 0 aliphatic heterocycles. The van der Waals surface area contributed by atoms with E-state index in [0.717, 1.165) is 0 Å². The Kier molecular flexibility index (Phi) is 30.2. The molecule has 0 aromatic heterocycles. The van der Waals surface area contributed by atoms with Crippen molar-refractivity contribution in [3.05, 3.63) is 0 Å². The van der Waals surface area contributed by atoms with Gasteiger partial charge in [-0.15, -0.1) is 0 Å². The molecule has 11 heavy (non-hydrogen) atoms. The van der Waals surface area contributed by atoms with Gasteiger partial charge in [-0.25, -0.2) is 0 Å². The Morgan fingerprint density at radius 1 is 0.818 bits per heavy atom. The topological polar surface area (TPSA) is 63.0 Å². The second-order valence-corrected chi connectivity index (χ2v) is 26.9. The molecule has 0 aliphatic carbocycles. The van der Waals surface area contributed by atoms with Gasteiger partial charge in [0.25, 0.3) is 0 Å². The van der Waals surface area contributed by atoms with E-state index in [9.17, 15) is 0 Å². The number of halogens is 4. The molecule has 7 heteroatoms. The molecule has 0 aliphatic rings. The molecule has 4 N–H and O–H groups in total. The zero-order chi connectivity index (χ0) is 7.91. The van der Waals surface area contributed by atoms with Gasteiger partial charge in [0.05, 0.1) is 0 Å². The van der Waals surface area contributed by atoms with Crippen LogP contribution in [0.5, 0.6) is 0 Å². The summed E-state index contributed by atoms with van der Waals surface area (Å²) in [5.74, 6) is 0. The van der Waals surface area contributed by atoms with Crippen molar-refractivity contribution < 1.29 is 11.0 Å². The van der Waals surface area contributed by atoms with E-state index in [4.69, 9.17) is 35.7 Å². The first kappa shape index (κ1) is 23.1. The van der Waals surface area contributed by atoms with Crippen LogP contribution in [-0.2, 0) is 0 Å². The number of hydrogen-bond acceptors (Lipinski definition) is 0. The Hall–Kier alpha value is 1.88. The summed E-state index contributed by atoms with van der Waals surface area (Å²) >= 11 is -3.29. The Bertz CT molecular complexity index is 50.5. The molecule has 0 atom stereocenters. The predicted molar refractivity (Wildman–Crippen MR) is 57.0 cm³/mol. The first-order chi connectivity index (χ1) is 3.91. The Morgan fingerprint density at radius 2 is 0.909 bits per heavy atom. The average Bonchev–Trinajstić information content (AvgIpc) is 1.61. The SMILES string of the molecule is CCCC.O.O.[Cl][Sn]([Cl])([Cl])[Cl]. The first-order valence-corrected chi connectivity index (χ1v) is 17.1. The van der Waals surface area contributed by atoms with Crippen LogP contribution in [0.25, 0.3) is 0 Å². The fourth-order valence-corrected chi connectivity index (χ4v) is 0. The monoisotopic (exact) mass is 354 g/mol. The van der Waals surface area contributed by atoms with E-state index in [1.165, 1.54) is 12.8 Å². The summed E-state index contributed by atoms with van der Waals surface area (Å²) in [6.07, 6.45) is 2.64. The van der Waals surface area contributed by atoms with Crippen molar-refractivity contribution in [1.82, 2.24) is 0 Å². The fraction of sp³-hybridized carbons (Fsp3) is 1.00. The molecule has 0 fully saturated rings. The van der Waals surface area contributed by atoms with Crippen LogP contribution in [0.1, 0.15) is 26.7 Å². The molecule has 0 aromatic carbocycles. The fourth-order valence-electron chi connectivity index (χ4n) is 0. The van der Waals surface area contributed by atoms with Crippen LogP contribution < -0.4 is 0 Å². The average molecular weight is 355 g/mol. The number of unbranched alkanes of at least 4 members (excludes halogenated alkanes) is 1. The second-order valence-electron chi connectivity index (χ2n) is 1.43. The van der Waals surface area contributed by atoms with Crippen molar-refractivity contribution >= 4 is 49.6 Å². The van der Waals surface area contributed by atoms with Gasteiger partial charge in [-0.1, -0.05) is 26.7 Å². The van der Waals surface area contributed by atoms with Crippen molar-refractivity contribution in [3.63, 3.8) is 0 Å². The molecule has 74 valence electrons. The van der Waals surface area contributed by atoms with Gasteiger partial charge in [0.2, 0.25) is 0 Å². The molecule has 0 bridgehead atoms. The summed E-state index contributed by atoms with van der Waals surface area (Å²) in [4.78, 5) is 0. The van der Waals surface area contributed by atoms with E-state index in [2.05, 4.69) is 13.8 Å². The van der Waals surface area contributed by atoms with Gasteiger partial charge in [0, 0.05) is 0 Å². The quantitative estimate of drug-likeness (QED) is 0.650. The van der Waals surface area contributed by atoms with Gasteiger partial charge >= 0.3 is 49.6 Å². The van der Waals surface area contributed by atoms with Crippen molar-refractivity contribution in [2.24, 2.45) is 0 Å². The molecular formula is C4H14Cl4O2Sn. The second kappa shape index (κ2) is 14.4. The van der Waals surface area contributed by atoms with Crippen LogP contribution in [0.3, 0.4) is 0 Å². The molecule has 0 saturated carbocycles. The summed E-state index contributed by atoms with van der Waals surface area (Å²) < 4.78 is 0. The van der Waals surface area contributed by atoms with E-state index in [-0.39, 0.29) is 11.0 Å². The predicted octanol–water partition coefficient (Wildman–Crippen LogP) is 2.53. The van der Waals surface area contributed by atoms with Gasteiger partial charge in [-0.3, -0.25) is 0 Å². The third-order valence-electron chi connectivity index (χ3n) is 0.500. The van der Waals surface area contributed by atoms with Crippen molar-refractivity contribution in [3.8, 4) is 0 Å². The van der Waals surface area contributed by atoms with E-state index in [1.54, 1.807) is 0 Å². The minimum absolute atomic E-state index is 0. The molecule has 0 heterocycles. The molecule has 0 radical (unpaired) electrons. The number of hydrogen-bond donors (Lipinski definition) is 0. The maximum atomic E-state index is 5.04. The van der Waals surface area contributed by atoms with Crippen LogP contribution in [0.4, 0.5) is 0 Å². The minimum atomic E-state index is -3.29. The van der Waals surface area contributed by atoms with Crippen LogP contribution in [-0.4, -0.2) is 24.8 Å². The summed E-state index contributed by atoms with van der Waals surface area (Å²) in [6, 6.07) is 0. The van der Waals surface area contributed by atoms with Gasteiger partial charge < -0.3 is 11.0 Å². The number of rotatable bonds is 1. The van der Waals surface area contributed by atoms with Gasteiger partial charge in [0.1, 0.15) is 0 Å². The van der Waals surface area contributed by atoms with Crippen molar-refractivity contribution in [2.45, 2.75) is 26.7 Å². The van der Waals surface area contributed by atoms with E-state index in [1.807, 2.05) is 0 Å². The van der Waals surface area contributed by atoms with Crippen LogP contribution in [0, 0.1) is 0 Å². The third kappa shape index (κ3) is 140. The Labute approximate surface area is 86.5 Å². The Morgan fingerprint density at radius 3 is 0.909 bits per heavy atom. The van der Waals surface area contributed by atoms with Gasteiger partial charge in [0.15, 0.2) is 0 Å².